The Morgan fingerprint density at radius 2 is 2.00 bits per heavy atom. The van der Waals surface area contributed by atoms with Crippen molar-refractivity contribution in [1.29, 1.82) is 0 Å². The zero-order valence-electron chi connectivity index (χ0n) is 14.3. The number of hydrogen-bond acceptors (Lipinski definition) is 5. The first-order valence-electron chi connectivity index (χ1n) is 8.46. The number of carboxylic acid groups (broad SMARTS) is 1. The summed E-state index contributed by atoms with van der Waals surface area (Å²) in [5.74, 6) is -0.152. The maximum atomic E-state index is 12.0. The van der Waals surface area contributed by atoms with E-state index >= 15 is 0 Å². The Labute approximate surface area is 146 Å². The van der Waals surface area contributed by atoms with Crippen molar-refractivity contribution in [2.45, 2.75) is 51.5 Å². The first-order valence-corrected chi connectivity index (χ1v) is 8.46. The van der Waals surface area contributed by atoms with Crippen molar-refractivity contribution in [1.82, 2.24) is 15.5 Å². The molecule has 7 nitrogen and oxygen atoms in total. The van der Waals surface area contributed by atoms with Crippen LogP contribution in [0.5, 0.6) is 0 Å². The lowest BCUT2D eigenvalue weighted by Crippen LogP contribution is -2.42. The molecule has 25 heavy (non-hydrogen) atoms. The highest BCUT2D eigenvalue weighted by Crippen LogP contribution is 2.07. The minimum atomic E-state index is -1.04. The van der Waals surface area contributed by atoms with Gasteiger partial charge in [-0.2, -0.15) is 4.98 Å². The summed E-state index contributed by atoms with van der Waals surface area (Å²) in [4.78, 5) is 27.6. The number of carboxylic acids is 1. The molecule has 0 aliphatic rings. The van der Waals surface area contributed by atoms with Crippen LogP contribution in [0.25, 0.3) is 0 Å². The molecule has 2 rings (SSSR count). The van der Waals surface area contributed by atoms with Crippen LogP contribution in [0.4, 0.5) is 0 Å². The van der Waals surface area contributed by atoms with Gasteiger partial charge >= 0.3 is 5.97 Å². The van der Waals surface area contributed by atoms with Gasteiger partial charge in [-0.05, 0) is 18.4 Å². The van der Waals surface area contributed by atoms with Gasteiger partial charge in [0.15, 0.2) is 5.82 Å². The van der Waals surface area contributed by atoms with Gasteiger partial charge in [0.2, 0.25) is 11.8 Å². The fourth-order valence-corrected chi connectivity index (χ4v) is 2.43. The molecule has 1 heterocycles. The quantitative estimate of drug-likeness (QED) is 0.683. The fraction of sp³-hybridized carbons (Fsp3) is 0.444. The van der Waals surface area contributed by atoms with Crippen molar-refractivity contribution in [3.63, 3.8) is 0 Å². The smallest absolute Gasteiger partial charge is 0.326 e. The average molecular weight is 345 g/mol. The molecule has 0 saturated carbocycles. The van der Waals surface area contributed by atoms with Gasteiger partial charge in [0.05, 0.1) is 0 Å². The summed E-state index contributed by atoms with van der Waals surface area (Å²) >= 11 is 0. The second-order valence-electron chi connectivity index (χ2n) is 5.86. The predicted octanol–water partition coefficient (Wildman–Crippen LogP) is 2.16. The Balaban J connectivity index is 1.77. The van der Waals surface area contributed by atoms with Gasteiger partial charge in [-0.3, -0.25) is 4.79 Å². The fourth-order valence-electron chi connectivity index (χ4n) is 2.43. The number of aliphatic carboxylic acids is 1. The first-order chi connectivity index (χ1) is 12.1. The van der Waals surface area contributed by atoms with Crippen LogP contribution in [0.15, 0.2) is 34.9 Å². The SMILES string of the molecule is CCCc1noc(CCCC(=O)N[C@@H](Cc2ccccc2)C(=O)O)n1. The number of benzene rings is 1. The molecule has 0 radical (unpaired) electrons. The minimum absolute atomic E-state index is 0.212. The number of aryl methyl sites for hydroxylation is 2. The minimum Gasteiger partial charge on any atom is -0.480 e. The van der Waals surface area contributed by atoms with Crippen molar-refractivity contribution < 1.29 is 19.2 Å². The highest BCUT2D eigenvalue weighted by molar-refractivity contribution is 5.83. The van der Waals surface area contributed by atoms with Gasteiger partial charge in [-0.1, -0.05) is 42.4 Å². The molecule has 0 aliphatic heterocycles. The van der Waals surface area contributed by atoms with Crippen LogP contribution in [-0.4, -0.2) is 33.2 Å². The number of hydrogen-bond donors (Lipinski definition) is 2. The Bertz CT molecular complexity index is 685. The van der Waals surface area contributed by atoms with Crippen molar-refractivity contribution in [3.8, 4) is 0 Å². The third-order valence-electron chi connectivity index (χ3n) is 3.69. The molecular formula is C18H23N3O4. The van der Waals surface area contributed by atoms with Crippen LogP contribution in [0.1, 0.15) is 43.5 Å². The zero-order chi connectivity index (χ0) is 18.1. The number of rotatable bonds is 10. The summed E-state index contributed by atoms with van der Waals surface area (Å²) in [5.41, 5.74) is 0.865. The number of nitrogens with one attached hydrogen (secondary N) is 1. The van der Waals surface area contributed by atoms with Crippen LogP contribution in [0, 0.1) is 0 Å². The molecule has 1 amide bonds. The average Bonchev–Trinajstić information content (AvgIpc) is 3.03. The van der Waals surface area contributed by atoms with Gasteiger partial charge in [0.25, 0.3) is 0 Å². The van der Waals surface area contributed by atoms with E-state index in [0.717, 1.165) is 18.4 Å². The molecule has 2 aromatic rings. The zero-order valence-corrected chi connectivity index (χ0v) is 14.3. The largest absolute Gasteiger partial charge is 0.480 e. The molecule has 0 aliphatic carbocycles. The maximum Gasteiger partial charge on any atom is 0.326 e. The van der Waals surface area contributed by atoms with Crippen LogP contribution in [-0.2, 0) is 28.9 Å². The van der Waals surface area contributed by atoms with Crippen molar-refractivity contribution in [2.75, 3.05) is 0 Å². The first kappa shape index (κ1) is 18.6. The summed E-state index contributed by atoms with van der Waals surface area (Å²) in [6, 6.07) is 8.29. The van der Waals surface area contributed by atoms with Crippen molar-refractivity contribution in [3.05, 3.63) is 47.6 Å². The molecule has 0 unspecified atom stereocenters. The van der Waals surface area contributed by atoms with E-state index in [4.69, 9.17) is 4.52 Å². The lowest BCUT2D eigenvalue weighted by Gasteiger charge is -2.14. The molecule has 0 saturated heterocycles. The van der Waals surface area contributed by atoms with Crippen LogP contribution < -0.4 is 5.32 Å². The van der Waals surface area contributed by atoms with E-state index < -0.39 is 12.0 Å². The molecule has 2 N–H and O–H groups in total. The topological polar surface area (TPSA) is 105 Å². The molecule has 0 spiro atoms. The molecule has 0 fully saturated rings. The number of carbonyl (C=O) groups is 2. The second kappa shape index (κ2) is 9.56. The summed E-state index contributed by atoms with van der Waals surface area (Å²) in [6.45, 7) is 2.04. The van der Waals surface area contributed by atoms with E-state index in [2.05, 4.69) is 15.5 Å². The molecular weight excluding hydrogens is 322 g/mol. The summed E-state index contributed by atoms with van der Waals surface area (Å²) < 4.78 is 5.11. The van der Waals surface area contributed by atoms with Gasteiger partial charge in [0, 0.05) is 25.7 Å². The Morgan fingerprint density at radius 1 is 1.24 bits per heavy atom. The summed E-state index contributed by atoms with van der Waals surface area (Å²) in [5, 5.41) is 15.7. The number of amides is 1. The molecule has 0 bridgehead atoms. The van der Waals surface area contributed by atoms with Gasteiger partial charge < -0.3 is 14.9 Å². The normalized spacial score (nSPS) is 11.9. The molecule has 134 valence electrons. The summed E-state index contributed by atoms with van der Waals surface area (Å²) in [7, 11) is 0. The van der Waals surface area contributed by atoms with Crippen LogP contribution in [0.3, 0.4) is 0 Å². The maximum absolute atomic E-state index is 12.0. The van der Waals surface area contributed by atoms with E-state index in [0.29, 0.717) is 24.6 Å². The highest BCUT2D eigenvalue weighted by atomic mass is 16.5. The highest BCUT2D eigenvalue weighted by Gasteiger charge is 2.20. The van der Waals surface area contributed by atoms with E-state index in [1.54, 1.807) is 0 Å². The van der Waals surface area contributed by atoms with Crippen molar-refractivity contribution >= 4 is 11.9 Å². The van der Waals surface area contributed by atoms with E-state index in [1.807, 2.05) is 37.3 Å². The van der Waals surface area contributed by atoms with Crippen LogP contribution >= 0.6 is 0 Å². The Morgan fingerprint density at radius 3 is 2.68 bits per heavy atom. The lowest BCUT2D eigenvalue weighted by molar-refractivity contribution is -0.141. The van der Waals surface area contributed by atoms with Gasteiger partial charge in [-0.15, -0.1) is 0 Å². The van der Waals surface area contributed by atoms with E-state index in [-0.39, 0.29) is 18.7 Å². The predicted molar refractivity (Wildman–Crippen MR) is 90.9 cm³/mol. The third-order valence-corrected chi connectivity index (χ3v) is 3.69. The summed E-state index contributed by atoms with van der Waals surface area (Å²) in [6.07, 6.45) is 3.21. The molecule has 1 aromatic carbocycles. The molecule has 1 aromatic heterocycles. The Kier molecular flexibility index (Phi) is 7.13. The molecule has 7 heteroatoms. The van der Waals surface area contributed by atoms with E-state index in [9.17, 15) is 14.7 Å². The van der Waals surface area contributed by atoms with Crippen LogP contribution in [0.2, 0.25) is 0 Å². The lowest BCUT2D eigenvalue weighted by atomic mass is 10.1. The monoisotopic (exact) mass is 345 g/mol. The van der Waals surface area contributed by atoms with Gasteiger partial charge in [0.1, 0.15) is 6.04 Å². The number of aromatic nitrogens is 2. The van der Waals surface area contributed by atoms with Crippen molar-refractivity contribution in [2.24, 2.45) is 0 Å². The number of carbonyl (C=O) groups excluding carboxylic acids is 1. The standard InChI is InChI=1S/C18H23N3O4/c1-2-7-15-20-17(25-21-15)11-6-10-16(22)19-14(18(23)24)12-13-8-4-3-5-9-13/h3-5,8-9,14H,2,6-7,10-12H2,1H3,(H,19,22)(H,23,24)/t14-/m0/s1. The number of nitrogens with zero attached hydrogens (tertiary/aromatic N) is 2. The van der Waals surface area contributed by atoms with E-state index in [1.165, 1.54) is 0 Å². The van der Waals surface area contributed by atoms with Gasteiger partial charge in [-0.25, -0.2) is 4.79 Å². The third kappa shape index (κ3) is 6.37. The second-order valence-corrected chi connectivity index (χ2v) is 5.86. The molecule has 1 atom stereocenters. The Hall–Kier alpha value is -2.70.